The van der Waals surface area contributed by atoms with Gasteiger partial charge in [0.25, 0.3) is 5.91 Å². The van der Waals surface area contributed by atoms with Crippen LogP contribution < -0.4 is 4.90 Å². The largest absolute Gasteiger partial charge is 0.278 e. The number of rotatable bonds is 3. The normalized spacial score (nSPS) is 15.5. The molecule has 1 aliphatic heterocycles. The van der Waals surface area contributed by atoms with Gasteiger partial charge in [-0.2, -0.15) is 0 Å². The van der Waals surface area contributed by atoms with Gasteiger partial charge >= 0.3 is 0 Å². The van der Waals surface area contributed by atoms with Gasteiger partial charge in [0.05, 0.1) is 20.6 Å². The van der Waals surface area contributed by atoms with Crippen molar-refractivity contribution in [3.8, 4) is 11.1 Å². The third-order valence-corrected chi connectivity index (χ3v) is 5.93. The van der Waals surface area contributed by atoms with Crippen molar-refractivity contribution in [1.82, 2.24) is 0 Å². The molecule has 1 amide bonds. The molecule has 1 heterocycles. The maximum atomic E-state index is 12.8. The van der Waals surface area contributed by atoms with E-state index in [1.165, 1.54) is 4.90 Å². The van der Waals surface area contributed by atoms with E-state index in [9.17, 15) is 4.79 Å². The smallest absolute Gasteiger partial charge is 0.271 e. The Balaban J connectivity index is 1.59. The fourth-order valence-electron chi connectivity index (χ4n) is 2.90. The van der Waals surface area contributed by atoms with Crippen LogP contribution >= 0.6 is 35.0 Å². The number of benzene rings is 3. The van der Waals surface area contributed by atoms with Gasteiger partial charge in [0.1, 0.15) is 0 Å². The Bertz CT molecular complexity index is 1100. The van der Waals surface area contributed by atoms with Crippen molar-refractivity contribution in [2.45, 2.75) is 0 Å². The Labute approximate surface area is 177 Å². The van der Waals surface area contributed by atoms with Gasteiger partial charge in [0.15, 0.2) is 5.17 Å². The van der Waals surface area contributed by atoms with Gasteiger partial charge in [-0.05, 0) is 52.7 Å². The molecule has 6 heteroatoms. The Kier molecular flexibility index (Phi) is 5.27. The highest BCUT2D eigenvalue weighted by Gasteiger charge is 2.33. The number of hydrogen-bond acceptors (Lipinski definition) is 3. The first-order chi connectivity index (χ1) is 13.5. The molecule has 0 atom stereocenters. The lowest BCUT2D eigenvalue weighted by Crippen LogP contribution is -2.28. The zero-order valence-electron chi connectivity index (χ0n) is 14.5. The van der Waals surface area contributed by atoms with Gasteiger partial charge in [-0.15, -0.1) is 0 Å². The topological polar surface area (TPSA) is 44.2 Å². The third-order valence-electron chi connectivity index (χ3n) is 4.30. The maximum Gasteiger partial charge on any atom is 0.271 e. The van der Waals surface area contributed by atoms with E-state index in [0.717, 1.165) is 28.5 Å². The number of amides is 1. The minimum atomic E-state index is -0.250. The van der Waals surface area contributed by atoms with Crippen molar-refractivity contribution in [2.75, 3.05) is 4.90 Å². The summed E-state index contributed by atoms with van der Waals surface area (Å²) in [4.78, 5) is 14.6. The molecule has 28 heavy (non-hydrogen) atoms. The molecular formula is C22H14Cl2N2OS. The second-order valence-corrected chi connectivity index (χ2v) is 7.99. The van der Waals surface area contributed by atoms with Gasteiger partial charge in [0, 0.05) is 0 Å². The van der Waals surface area contributed by atoms with Crippen LogP contribution in [0, 0.1) is 5.41 Å². The summed E-state index contributed by atoms with van der Waals surface area (Å²) in [6.07, 6.45) is 1.80. The lowest BCUT2D eigenvalue weighted by atomic mass is 10.0. The Morgan fingerprint density at radius 1 is 0.857 bits per heavy atom. The maximum absolute atomic E-state index is 12.8. The van der Waals surface area contributed by atoms with Gasteiger partial charge in [0.2, 0.25) is 0 Å². The Morgan fingerprint density at radius 3 is 2.21 bits per heavy atom. The number of halogens is 2. The fraction of sp³-hybridized carbons (Fsp3) is 0. The van der Waals surface area contributed by atoms with Crippen LogP contribution in [0.15, 0.2) is 77.7 Å². The van der Waals surface area contributed by atoms with Crippen LogP contribution in [0.2, 0.25) is 10.0 Å². The number of amidine groups is 1. The molecule has 3 nitrogen and oxygen atoms in total. The molecule has 1 fully saturated rings. The molecule has 0 saturated carbocycles. The molecule has 3 aromatic rings. The van der Waals surface area contributed by atoms with Crippen LogP contribution in [0.1, 0.15) is 5.56 Å². The van der Waals surface area contributed by atoms with Crippen LogP contribution in [-0.2, 0) is 4.79 Å². The third kappa shape index (κ3) is 3.72. The Hall–Kier alpha value is -2.53. The van der Waals surface area contributed by atoms with Gasteiger partial charge < -0.3 is 0 Å². The summed E-state index contributed by atoms with van der Waals surface area (Å²) < 4.78 is 0. The molecule has 0 aromatic heterocycles. The van der Waals surface area contributed by atoms with Crippen molar-refractivity contribution >= 4 is 57.8 Å². The van der Waals surface area contributed by atoms with Crippen molar-refractivity contribution in [1.29, 1.82) is 5.41 Å². The second-order valence-electron chi connectivity index (χ2n) is 6.14. The number of anilines is 1. The summed E-state index contributed by atoms with van der Waals surface area (Å²) in [5.74, 6) is -0.250. The van der Waals surface area contributed by atoms with E-state index in [1.54, 1.807) is 24.3 Å². The highest BCUT2D eigenvalue weighted by Crippen LogP contribution is 2.37. The first-order valence-corrected chi connectivity index (χ1v) is 10.0. The summed E-state index contributed by atoms with van der Waals surface area (Å²) >= 11 is 13.1. The summed E-state index contributed by atoms with van der Waals surface area (Å²) in [6, 6.07) is 23.0. The number of hydrogen-bond donors (Lipinski definition) is 1. The molecule has 0 aliphatic carbocycles. The van der Waals surface area contributed by atoms with E-state index in [-0.39, 0.29) is 11.1 Å². The van der Waals surface area contributed by atoms with E-state index in [0.29, 0.717) is 20.6 Å². The highest BCUT2D eigenvalue weighted by atomic mass is 35.5. The molecule has 0 spiro atoms. The zero-order valence-corrected chi connectivity index (χ0v) is 16.9. The van der Waals surface area contributed by atoms with Crippen LogP contribution in [0.5, 0.6) is 0 Å². The molecule has 4 rings (SSSR count). The van der Waals surface area contributed by atoms with Crippen molar-refractivity contribution in [3.05, 3.63) is 93.3 Å². The van der Waals surface area contributed by atoms with E-state index in [2.05, 4.69) is 12.1 Å². The number of nitrogens with one attached hydrogen (secondary N) is 1. The summed E-state index contributed by atoms with van der Waals surface area (Å²) in [5.41, 5.74) is 3.68. The van der Waals surface area contributed by atoms with E-state index >= 15 is 0 Å². The molecule has 0 bridgehead atoms. The van der Waals surface area contributed by atoms with Gasteiger partial charge in [-0.3, -0.25) is 15.1 Å². The molecule has 0 radical (unpaired) electrons. The van der Waals surface area contributed by atoms with Crippen molar-refractivity contribution < 1.29 is 4.79 Å². The predicted octanol–water partition coefficient (Wildman–Crippen LogP) is 6.72. The SMILES string of the molecule is N=C1S/C(=C\c2ccc(-c3ccccc3)cc2)C(=O)N1c1ccc(Cl)c(Cl)c1. The molecular weight excluding hydrogens is 411 g/mol. The number of nitrogens with zero attached hydrogens (tertiary/aromatic N) is 1. The number of carbonyl (C=O) groups excluding carboxylic acids is 1. The molecule has 0 unspecified atom stereocenters. The van der Waals surface area contributed by atoms with E-state index in [4.69, 9.17) is 28.6 Å². The van der Waals surface area contributed by atoms with Crippen LogP contribution in [-0.4, -0.2) is 11.1 Å². The highest BCUT2D eigenvalue weighted by molar-refractivity contribution is 8.19. The summed E-state index contributed by atoms with van der Waals surface area (Å²) in [7, 11) is 0. The fourth-order valence-corrected chi connectivity index (χ4v) is 4.05. The van der Waals surface area contributed by atoms with E-state index < -0.39 is 0 Å². The Morgan fingerprint density at radius 2 is 1.54 bits per heavy atom. The molecule has 1 N–H and O–H groups in total. The molecule has 1 saturated heterocycles. The average molecular weight is 425 g/mol. The van der Waals surface area contributed by atoms with Crippen molar-refractivity contribution in [2.24, 2.45) is 0 Å². The van der Waals surface area contributed by atoms with Gasteiger partial charge in [-0.1, -0.05) is 77.8 Å². The first kappa shape index (κ1) is 18.8. The standard InChI is InChI=1S/C22H14Cl2N2OS/c23-18-11-10-17(13-19(18)24)26-21(27)20(28-22(26)25)12-14-6-8-16(9-7-14)15-4-2-1-3-5-15/h1-13,25H/b20-12-,25-22?. The van der Waals surface area contributed by atoms with Gasteiger partial charge in [-0.25, -0.2) is 0 Å². The minimum absolute atomic E-state index is 0.135. The summed E-state index contributed by atoms with van der Waals surface area (Å²) in [6.45, 7) is 0. The molecule has 138 valence electrons. The van der Waals surface area contributed by atoms with Crippen LogP contribution in [0.3, 0.4) is 0 Å². The zero-order chi connectivity index (χ0) is 19.7. The number of carbonyl (C=O) groups is 1. The lowest BCUT2D eigenvalue weighted by molar-refractivity contribution is -0.113. The predicted molar refractivity (Wildman–Crippen MR) is 119 cm³/mol. The van der Waals surface area contributed by atoms with Crippen molar-refractivity contribution in [3.63, 3.8) is 0 Å². The molecule has 3 aromatic carbocycles. The van der Waals surface area contributed by atoms with Crippen LogP contribution in [0.4, 0.5) is 5.69 Å². The first-order valence-electron chi connectivity index (χ1n) is 8.46. The monoisotopic (exact) mass is 424 g/mol. The second kappa shape index (κ2) is 7.84. The minimum Gasteiger partial charge on any atom is -0.278 e. The lowest BCUT2D eigenvalue weighted by Gasteiger charge is -2.14. The molecule has 1 aliphatic rings. The van der Waals surface area contributed by atoms with Crippen LogP contribution in [0.25, 0.3) is 17.2 Å². The quantitative estimate of drug-likeness (QED) is 0.474. The average Bonchev–Trinajstić information content (AvgIpc) is 2.98. The summed E-state index contributed by atoms with van der Waals surface area (Å²) in [5, 5.41) is 9.08. The number of thioether (sulfide) groups is 1. The van der Waals surface area contributed by atoms with E-state index in [1.807, 2.05) is 42.5 Å².